The SMILES string of the molecule is CCc1ccc(OCCCC(=O)Nc2cccc(-c3csc(-c4ccccn4)n3)c2)cc1. The lowest BCUT2D eigenvalue weighted by Gasteiger charge is -2.08. The molecule has 2 aromatic carbocycles. The monoisotopic (exact) mass is 443 g/mol. The molecule has 0 atom stereocenters. The molecule has 162 valence electrons. The number of hydrogen-bond donors (Lipinski definition) is 1. The maximum atomic E-state index is 12.4. The van der Waals surface area contributed by atoms with E-state index in [4.69, 9.17) is 9.72 Å². The van der Waals surface area contributed by atoms with Gasteiger partial charge in [-0.15, -0.1) is 11.3 Å². The van der Waals surface area contributed by atoms with E-state index in [-0.39, 0.29) is 5.91 Å². The summed E-state index contributed by atoms with van der Waals surface area (Å²) in [5.74, 6) is 0.808. The first-order valence-corrected chi connectivity index (χ1v) is 11.6. The van der Waals surface area contributed by atoms with Crippen LogP contribution in [0.4, 0.5) is 5.69 Å². The number of benzene rings is 2. The zero-order chi connectivity index (χ0) is 22.2. The van der Waals surface area contributed by atoms with Crippen molar-refractivity contribution in [2.24, 2.45) is 0 Å². The molecule has 0 spiro atoms. The zero-order valence-electron chi connectivity index (χ0n) is 18.0. The van der Waals surface area contributed by atoms with Crippen molar-refractivity contribution in [3.8, 4) is 27.7 Å². The molecule has 0 aliphatic heterocycles. The minimum Gasteiger partial charge on any atom is -0.494 e. The smallest absolute Gasteiger partial charge is 0.224 e. The molecular formula is C26H25N3O2S. The predicted molar refractivity (Wildman–Crippen MR) is 130 cm³/mol. The van der Waals surface area contributed by atoms with Crippen molar-refractivity contribution in [3.05, 3.63) is 83.9 Å². The highest BCUT2D eigenvalue weighted by Gasteiger charge is 2.09. The Morgan fingerprint density at radius 1 is 1.03 bits per heavy atom. The molecule has 4 aromatic rings. The highest BCUT2D eigenvalue weighted by atomic mass is 32.1. The van der Waals surface area contributed by atoms with Crippen LogP contribution in [0.3, 0.4) is 0 Å². The average Bonchev–Trinajstić information content (AvgIpc) is 3.33. The molecular weight excluding hydrogens is 418 g/mol. The van der Waals surface area contributed by atoms with E-state index in [9.17, 15) is 4.79 Å². The Morgan fingerprint density at radius 2 is 1.91 bits per heavy atom. The Hall–Kier alpha value is -3.51. The Bertz CT molecular complexity index is 1160. The van der Waals surface area contributed by atoms with Crippen LogP contribution >= 0.6 is 11.3 Å². The fourth-order valence-corrected chi connectivity index (χ4v) is 4.04. The summed E-state index contributed by atoms with van der Waals surface area (Å²) in [6, 6.07) is 21.6. The van der Waals surface area contributed by atoms with E-state index in [0.717, 1.165) is 39.8 Å². The summed E-state index contributed by atoms with van der Waals surface area (Å²) in [5.41, 5.74) is 4.73. The number of ether oxygens (including phenoxy) is 1. The number of aromatic nitrogens is 2. The minimum atomic E-state index is -0.0282. The first-order valence-electron chi connectivity index (χ1n) is 10.7. The van der Waals surface area contributed by atoms with Gasteiger partial charge in [0.15, 0.2) is 0 Å². The third kappa shape index (κ3) is 5.80. The number of anilines is 1. The van der Waals surface area contributed by atoms with Crippen LogP contribution in [0.25, 0.3) is 22.0 Å². The largest absolute Gasteiger partial charge is 0.494 e. The number of pyridine rings is 1. The second-order valence-electron chi connectivity index (χ2n) is 7.33. The van der Waals surface area contributed by atoms with E-state index in [1.54, 1.807) is 17.5 Å². The Kier molecular flexibility index (Phi) is 7.25. The van der Waals surface area contributed by atoms with Crippen molar-refractivity contribution in [2.45, 2.75) is 26.2 Å². The first kappa shape index (κ1) is 21.7. The number of nitrogens with one attached hydrogen (secondary N) is 1. The molecule has 6 heteroatoms. The summed E-state index contributed by atoms with van der Waals surface area (Å²) >= 11 is 1.56. The highest BCUT2D eigenvalue weighted by Crippen LogP contribution is 2.29. The number of carbonyl (C=O) groups excluding carboxylic acids is 1. The van der Waals surface area contributed by atoms with Gasteiger partial charge >= 0.3 is 0 Å². The number of hydrogen-bond acceptors (Lipinski definition) is 5. The second kappa shape index (κ2) is 10.7. The van der Waals surface area contributed by atoms with Crippen molar-refractivity contribution >= 4 is 22.9 Å². The van der Waals surface area contributed by atoms with Gasteiger partial charge in [0.05, 0.1) is 18.0 Å². The van der Waals surface area contributed by atoms with Gasteiger partial charge in [0.25, 0.3) is 0 Å². The molecule has 0 saturated heterocycles. The summed E-state index contributed by atoms with van der Waals surface area (Å²) in [5, 5.41) is 5.86. The Labute approximate surface area is 192 Å². The van der Waals surface area contributed by atoms with E-state index in [1.807, 2.05) is 60.0 Å². The number of nitrogens with zero attached hydrogens (tertiary/aromatic N) is 2. The van der Waals surface area contributed by atoms with Gasteiger partial charge in [0.1, 0.15) is 10.8 Å². The van der Waals surface area contributed by atoms with Gasteiger partial charge < -0.3 is 10.1 Å². The van der Waals surface area contributed by atoms with Crippen molar-refractivity contribution in [2.75, 3.05) is 11.9 Å². The van der Waals surface area contributed by atoms with Crippen LogP contribution < -0.4 is 10.1 Å². The molecule has 4 rings (SSSR count). The van der Waals surface area contributed by atoms with E-state index >= 15 is 0 Å². The fourth-order valence-electron chi connectivity index (χ4n) is 3.24. The molecule has 0 unspecified atom stereocenters. The zero-order valence-corrected chi connectivity index (χ0v) is 18.8. The highest BCUT2D eigenvalue weighted by molar-refractivity contribution is 7.13. The lowest BCUT2D eigenvalue weighted by atomic mass is 10.1. The number of rotatable bonds is 9. The number of carbonyl (C=O) groups is 1. The molecule has 32 heavy (non-hydrogen) atoms. The van der Waals surface area contributed by atoms with Crippen LogP contribution in [0.5, 0.6) is 5.75 Å². The normalized spacial score (nSPS) is 10.7. The van der Waals surface area contributed by atoms with Crippen molar-refractivity contribution in [3.63, 3.8) is 0 Å². The average molecular weight is 444 g/mol. The van der Waals surface area contributed by atoms with Gasteiger partial charge in [-0.05, 0) is 54.8 Å². The van der Waals surface area contributed by atoms with Crippen LogP contribution in [0.2, 0.25) is 0 Å². The van der Waals surface area contributed by atoms with Crippen molar-refractivity contribution in [1.82, 2.24) is 9.97 Å². The quantitative estimate of drug-likeness (QED) is 0.311. The van der Waals surface area contributed by atoms with Gasteiger partial charge in [-0.25, -0.2) is 4.98 Å². The summed E-state index contributed by atoms with van der Waals surface area (Å²) in [6.45, 7) is 2.63. The second-order valence-corrected chi connectivity index (χ2v) is 8.19. The molecule has 2 heterocycles. The predicted octanol–water partition coefficient (Wildman–Crippen LogP) is 6.23. The van der Waals surface area contributed by atoms with Gasteiger partial charge in [-0.1, -0.05) is 37.3 Å². The van der Waals surface area contributed by atoms with Crippen LogP contribution in [0, 0.1) is 0 Å². The van der Waals surface area contributed by atoms with Crippen LogP contribution in [0.1, 0.15) is 25.3 Å². The van der Waals surface area contributed by atoms with Crippen molar-refractivity contribution < 1.29 is 9.53 Å². The number of thiazole rings is 1. The van der Waals surface area contributed by atoms with E-state index in [1.165, 1.54) is 5.56 Å². The molecule has 0 radical (unpaired) electrons. The maximum absolute atomic E-state index is 12.4. The van der Waals surface area contributed by atoms with E-state index in [0.29, 0.717) is 19.4 Å². The molecule has 0 saturated carbocycles. The summed E-state index contributed by atoms with van der Waals surface area (Å²) in [7, 11) is 0. The Morgan fingerprint density at radius 3 is 2.69 bits per heavy atom. The van der Waals surface area contributed by atoms with Gasteiger partial charge in [-0.2, -0.15) is 0 Å². The van der Waals surface area contributed by atoms with Crippen LogP contribution in [-0.4, -0.2) is 22.5 Å². The maximum Gasteiger partial charge on any atom is 0.224 e. The fraction of sp³-hybridized carbons (Fsp3) is 0.192. The molecule has 0 fully saturated rings. The van der Waals surface area contributed by atoms with Crippen LogP contribution in [0.15, 0.2) is 78.3 Å². The summed E-state index contributed by atoms with van der Waals surface area (Å²) in [6.07, 6.45) is 3.83. The van der Waals surface area contributed by atoms with Gasteiger partial charge in [0, 0.05) is 29.2 Å². The first-order chi connectivity index (χ1) is 15.7. The van der Waals surface area contributed by atoms with Gasteiger partial charge in [0.2, 0.25) is 5.91 Å². The van der Waals surface area contributed by atoms with Crippen LogP contribution in [-0.2, 0) is 11.2 Å². The molecule has 0 bridgehead atoms. The molecule has 0 aliphatic rings. The number of amides is 1. The molecule has 5 nitrogen and oxygen atoms in total. The molecule has 0 aliphatic carbocycles. The van der Waals surface area contributed by atoms with E-state index in [2.05, 4.69) is 29.4 Å². The van der Waals surface area contributed by atoms with E-state index < -0.39 is 0 Å². The summed E-state index contributed by atoms with van der Waals surface area (Å²) < 4.78 is 5.73. The third-order valence-corrected chi connectivity index (χ3v) is 5.84. The minimum absolute atomic E-state index is 0.0282. The lowest BCUT2D eigenvalue weighted by molar-refractivity contribution is -0.116. The summed E-state index contributed by atoms with van der Waals surface area (Å²) in [4.78, 5) is 21.4. The molecule has 1 N–H and O–H groups in total. The number of aryl methyl sites for hydroxylation is 1. The van der Waals surface area contributed by atoms with Gasteiger partial charge in [-0.3, -0.25) is 9.78 Å². The molecule has 2 aromatic heterocycles. The third-order valence-electron chi connectivity index (χ3n) is 4.98. The topological polar surface area (TPSA) is 64.1 Å². The Balaban J connectivity index is 1.29. The van der Waals surface area contributed by atoms with Crippen molar-refractivity contribution in [1.29, 1.82) is 0 Å². The lowest BCUT2D eigenvalue weighted by Crippen LogP contribution is -2.12. The molecule has 1 amide bonds. The standard InChI is InChI=1S/C26H25N3O2S/c1-2-19-11-13-22(14-12-19)31-16-6-10-25(30)28-21-8-5-7-20(17-21)24-18-32-26(29-24)23-9-3-4-15-27-23/h3-5,7-9,11-15,17-18H,2,6,10,16H2,1H3,(H,28,30).